The minimum atomic E-state index is -0.921. The van der Waals surface area contributed by atoms with E-state index in [0.29, 0.717) is 37.4 Å². The van der Waals surface area contributed by atoms with Crippen LogP contribution in [0.25, 0.3) is 0 Å². The van der Waals surface area contributed by atoms with E-state index in [1.807, 2.05) is 0 Å². The van der Waals surface area contributed by atoms with E-state index in [1.54, 1.807) is 7.05 Å². The first kappa shape index (κ1) is 23.8. The first-order valence-electron chi connectivity index (χ1n) is 8.87. The molecule has 9 heteroatoms. The lowest BCUT2D eigenvalue weighted by atomic mass is 10.1. The van der Waals surface area contributed by atoms with Gasteiger partial charge in [0.1, 0.15) is 12.4 Å². The van der Waals surface area contributed by atoms with Crippen LogP contribution in [0.1, 0.15) is 12.8 Å². The molecule has 0 amide bonds. The zero-order chi connectivity index (χ0) is 18.6. The van der Waals surface area contributed by atoms with Gasteiger partial charge in [-0.1, -0.05) is 0 Å². The number of hydrogen-bond acceptors (Lipinski definition) is 4. The van der Waals surface area contributed by atoms with Gasteiger partial charge in [-0.15, -0.1) is 24.0 Å². The second-order valence-electron chi connectivity index (χ2n) is 6.01. The molecule has 1 aromatic rings. The zero-order valence-corrected chi connectivity index (χ0v) is 17.8. The molecule has 0 radical (unpaired) electrons. The Morgan fingerprint density at radius 2 is 2.04 bits per heavy atom. The van der Waals surface area contributed by atoms with Gasteiger partial charge in [0.15, 0.2) is 17.6 Å². The van der Waals surface area contributed by atoms with E-state index in [0.717, 1.165) is 51.3 Å². The summed E-state index contributed by atoms with van der Waals surface area (Å²) in [6.07, 6.45) is 1.96. The minimum absolute atomic E-state index is 0. The van der Waals surface area contributed by atoms with Crippen LogP contribution in [0.3, 0.4) is 0 Å². The summed E-state index contributed by atoms with van der Waals surface area (Å²) in [5.41, 5.74) is 0. The summed E-state index contributed by atoms with van der Waals surface area (Å²) in [5.74, 6) is -0.329. The molecular formula is C18H28F2IN3O3. The Bertz CT molecular complexity index is 573. The van der Waals surface area contributed by atoms with Crippen molar-refractivity contribution in [2.24, 2.45) is 10.9 Å². The molecule has 1 aliphatic heterocycles. The molecule has 2 rings (SSSR count). The Morgan fingerprint density at radius 3 is 2.74 bits per heavy atom. The highest BCUT2D eigenvalue weighted by atomic mass is 127. The highest BCUT2D eigenvalue weighted by molar-refractivity contribution is 14.0. The van der Waals surface area contributed by atoms with Gasteiger partial charge in [0, 0.05) is 38.8 Å². The molecule has 1 atom stereocenters. The third-order valence-corrected chi connectivity index (χ3v) is 3.91. The summed E-state index contributed by atoms with van der Waals surface area (Å²) >= 11 is 0. The van der Waals surface area contributed by atoms with Crippen LogP contribution in [0.5, 0.6) is 5.75 Å². The molecule has 0 saturated carbocycles. The number of rotatable bonds is 10. The van der Waals surface area contributed by atoms with E-state index in [1.165, 1.54) is 6.07 Å². The molecule has 0 aromatic heterocycles. The van der Waals surface area contributed by atoms with E-state index in [4.69, 9.17) is 14.2 Å². The van der Waals surface area contributed by atoms with Gasteiger partial charge in [-0.25, -0.2) is 8.78 Å². The average Bonchev–Trinajstić information content (AvgIpc) is 3.16. The number of ether oxygens (including phenoxy) is 3. The Hall–Kier alpha value is -1.20. The first-order valence-corrected chi connectivity index (χ1v) is 8.87. The van der Waals surface area contributed by atoms with Gasteiger partial charge in [-0.2, -0.15) is 0 Å². The molecule has 27 heavy (non-hydrogen) atoms. The molecule has 1 aliphatic rings. The van der Waals surface area contributed by atoms with Crippen LogP contribution in [0, 0.1) is 17.6 Å². The normalized spacial score (nSPS) is 16.7. The van der Waals surface area contributed by atoms with Crippen LogP contribution in [-0.2, 0) is 9.47 Å². The fraction of sp³-hybridized carbons (Fsp3) is 0.611. The molecule has 0 bridgehead atoms. The second-order valence-corrected chi connectivity index (χ2v) is 6.01. The molecule has 2 N–H and O–H groups in total. The van der Waals surface area contributed by atoms with Gasteiger partial charge >= 0.3 is 0 Å². The summed E-state index contributed by atoms with van der Waals surface area (Å²) in [4.78, 5) is 4.11. The Labute approximate surface area is 176 Å². The predicted molar refractivity (Wildman–Crippen MR) is 111 cm³/mol. The van der Waals surface area contributed by atoms with Crippen molar-refractivity contribution in [3.05, 3.63) is 29.8 Å². The highest BCUT2D eigenvalue weighted by Crippen LogP contribution is 2.15. The van der Waals surface area contributed by atoms with Crippen molar-refractivity contribution in [3.8, 4) is 5.75 Å². The van der Waals surface area contributed by atoms with Crippen molar-refractivity contribution < 1.29 is 23.0 Å². The molecule has 1 unspecified atom stereocenters. The molecule has 6 nitrogen and oxygen atoms in total. The van der Waals surface area contributed by atoms with Crippen LogP contribution in [0.2, 0.25) is 0 Å². The van der Waals surface area contributed by atoms with Crippen molar-refractivity contribution in [1.82, 2.24) is 10.6 Å². The van der Waals surface area contributed by atoms with Crippen molar-refractivity contribution in [3.63, 3.8) is 0 Å². The molecule has 1 fully saturated rings. The molecule has 1 heterocycles. The zero-order valence-electron chi connectivity index (χ0n) is 15.5. The van der Waals surface area contributed by atoms with Gasteiger partial charge in [0.2, 0.25) is 0 Å². The van der Waals surface area contributed by atoms with E-state index in [2.05, 4.69) is 15.6 Å². The first-order chi connectivity index (χ1) is 12.7. The van der Waals surface area contributed by atoms with E-state index in [-0.39, 0.29) is 24.0 Å². The molecule has 1 aromatic carbocycles. The maximum absolute atomic E-state index is 13.1. The van der Waals surface area contributed by atoms with Crippen LogP contribution in [0.15, 0.2) is 23.2 Å². The maximum Gasteiger partial charge on any atom is 0.191 e. The Morgan fingerprint density at radius 1 is 1.22 bits per heavy atom. The molecule has 0 spiro atoms. The lowest BCUT2D eigenvalue weighted by molar-refractivity contribution is 0.0888. The van der Waals surface area contributed by atoms with E-state index >= 15 is 0 Å². The number of benzene rings is 1. The van der Waals surface area contributed by atoms with Gasteiger partial charge < -0.3 is 24.8 Å². The highest BCUT2D eigenvalue weighted by Gasteiger charge is 2.15. The fourth-order valence-electron chi connectivity index (χ4n) is 2.47. The van der Waals surface area contributed by atoms with Gasteiger partial charge in [-0.3, -0.25) is 4.99 Å². The summed E-state index contributed by atoms with van der Waals surface area (Å²) < 4.78 is 42.2. The van der Waals surface area contributed by atoms with E-state index < -0.39 is 11.6 Å². The Balaban J connectivity index is 0.00000364. The van der Waals surface area contributed by atoms with E-state index in [9.17, 15) is 8.78 Å². The number of guanidine groups is 1. The molecule has 0 aliphatic carbocycles. The summed E-state index contributed by atoms with van der Waals surface area (Å²) in [7, 11) is 1.68. The van der Waals surface area contributed by atoms with Gasteiger partial charge in [0.25, 0.3) is 0 Å². The quantitative estimate of drug-likeness (QED) is 0.224. The summed E-state index contributed by atoms with van der Waals surface area (Å²) in [6, 6.07) is 3.46. The largest absolute Gasteiger partial charge is 0.492 e. The third-order valence-electron chi connectivity index (χ3n) is 3.91. The minimum Gasteiger partial charge on any atom is -0.492 e. The molecule has 154 valence electrons. The van der Waals surface area contributed by atoms with Gasteiger partial charge in [-0.05, 0) is 25.0 Å². The van der Waals surface area contributed by atoms with Crippen LogP contribution >= 0.6 is 24.0 Å². The van der Waals surface area contributed by atoms with Crippen LogP contribution in [0.4, 0.5) is 8.78 Å². The summed E-state index contributed by atoms with van der Waals surface area (Å²) in [5, 5.41) is 6.27. The van der Waals surface area contributed by atoms with Crippen molar-refractivity contribution in [1.29, 1.82) is 0 Å². The summed E-state index contributed by atoms with van der Waals surface area (Å²) in [6.45, 7) is 4.63. The second kappa shape index (κ2) is 13.9. The van der Waals surface area contributed by atoms with Crippen molar-refractivity contribution >= 4 is 29.9 Å². The lowest BCUT2D eigenvalue weighted by Gasteiger charge is -2.13. The SMILES string of the molecule is CN=C(NCCCOCC1CCOC1)NCCOc1ccc(F)c(F)c1.I. The number of hydrogen-bond donors (Lipinski definition) is 2. The molecular weight excluding hydrogens is 471 g/mol. The number of nitrogens with one attached hydrogen (secondary N) is 2. The molecule has 1 saturated heterocycles. The standard InChI is InChI=1S/C18H27F2N3O3.HI/c1-21-18(22-6-2-8-24-12-14-5-9-25-13-14)23-7-10-26-15-3-4-16(19)17(20)11-15;/h3-4,11,14H,2,5-10,12-13H2,1H3,(H2,21,22,23);1H. The number of nitrogens with zero attached hydrogens (tertiary/aromatic N) is 1. The van der Waals surface area contributed by atoms with Crippen molar-refractivity contribution in [2.75, 3.05) is 53.2 Å². The van der Waals surface area contributed by atoms with Crippen LogP contribution < -0.4 is 15.4 Å². The topological polar surface area (TPSA) is 64.1 Å². The maximum atomic E-state index is 13.1. The fourth-order valence-corrected chi connectivity index (χ4v) is 2.47. The number of aliphatic imine (C=N–C) groups is 1. The smallest absolute Gasteiger partial charge is 0.191 e. The third kappa shape index (κ3) is 9.52. The monoisotopic (exact) mass is 499 g/mol. The van der Waals surface area contributed by atoms with Gasteiger partial charge in [0.05, 0.1) is 19.8 Å². The van der Waals surface area contributed by atoms with Crippen LogP contribution in [-0.4, -0.2) is 59.1 Å². The van der Waals surface area contributed by atoms with Crippen molar-refractivity contribution in [2.45, 2.75) is 12.8 Å². The Kier molecular flexibility index (Phi) is 12.3. The number of halogens is 3. The average molecular weight is 499 g/mol. The predicted octanol–water partition coefficient (Wildman–Crippen LogP) is 2.57. The lowest BCUT2D eigenvalue weighted by Crippen LogP contribution is -2.39.